The van der Waals surface area contributed by atoms with Gasteiger partial charge in [0.15, 0.2) is 0 Å². The Morgan fingerprint density at radius 3 is 2.77 bits per heavy atom. The molecule has 3 heteroatoms. The largest absolute Gasteiger partial charge is 0.253 e. The molecule has 0 spiro atoms. The van der Waals surface area contributed by atoms with E-state index in [1.54, 1.807) is 12.4 Å². The molecule has 0 N–H and O–H groups in total. The van der Waals surface area contributed by atoms with E-state index < -0.39 is 0 Å². The Kier molecular flexibility index (Phi) is 2.27. The first-order valence-corrected chi connectivity index (χ1v) is 5.04. The second kappa shape index (κ2) is 3.42. The zero-order valence-electron chi connectivity index (χ0n) is 7.24. The highest BCUT2D eigenvalue weighted by Gasteiger charge is 2.06. The molecule has 1 aromatic carbocycles. The number of benzene rings is 1. The van der Waals surface area contributed by atoms with Crippen LogP contribution in [-0.2, 0) is 0 Å². The van der Waals surface area contributed by atoms with E-state index in [0.717, 1.165) is 11.0 Å². The van der Waals surface area contributed by atoms with Gasteiger partial charge in [0.05, 0.1) is 11.0 Å². The minimum Gasteiger partial charge on any atom is -0.253 e. The van der Waals surface area contributed by atoms with E-state index in [4.69, 9.17) is 0 Å². The van der Waals surface area contributed by atoms with Gasteiger partial charge in [-0.1, -0.05) is 28.1 Å². The van der Waals surface area contributed by atoms with Gasteiger partial charge >= 0.3 is 0 Å². The zero-order valence-corrected chi connectivity index (χ0v) is 8.82. The van der Waals surface area contributed by atoms with Gasteiger partial charge in [0.1, 0.15) is 0 Å². The van der Waals surface area contributed by atoms with E-state index in [-0.39, 0.29) is 0 Å². The first-order chi connectivity index (χ1) is 6.29. The summed E-state index contributed by atoms with van der Waals surface area (Å²) in [7, 11) is 0. The summed E-state index contributed by atoms with van der Waals surface area (Å²) in [5, 5.41) is 0. The van der Waals surface area contributed by atoms with E-state index in [1.807, 2.05) is 12.1 Å². The number of halogens is 1. The van der Waals surface area contributed by atoms with Gasteiger partial charge in [0.25, 0.3) is 0 Å². The predicted molar refractivity (Wildman–Crippen MR) is 56.9 cm³/mol. The van der Waals surface area contributed by atoms with Crippen LogP contribution in [0.15, 0.2) is 30.6 Å². The maximum atomic E-state index is 4.31. The summed E-state index contributed by atoms with van der Waals surface area (Å²) < 4.78 is 0. The second-order valence-corrected chi connectivity index (χ2v) is 4.26. The third-order valence-corrected chi connectivity index (χ3v) is 2.45. The van der Waals surface area contributed by atoms with E-state index in [2.05, 4.69) is 38.9 Å². The van der Waals surface area contributed by atoms with Gasteiger partial charge in [0.2, 0.25) is 0 Å². The van der Waals surface area contributed by atoms with Crippen LogP contribution in [0.5, 0.6) is 0 Å². The molecule has 1 aromatic heterocycles. The van der Waals surface area contributed by atoms with E-state index >= 15 is 0 Å². The molecule has 1 atom stereocenters. The Bertz CT molecular complexity index is 421. The second-order valence-electron chi connectivity index (χ2n) is 2.89. The number of hydrogen-bond acceptors (Lipinski definition) is 2. The van der Waals surface area contributed by atoms with Gasteiger partial charge in [-0.2, -0.15) is 0 Å². The fraction of sp³-hybridized carbons (Fsp3) is 0.200. The maximum absolute atomic E-state index is 4.31. The average molecular weight is 237 g/mol. The molecule has 0 aliphatic heterocycles. The van der Waals surface area contributed by atoms with Gasteiger partial charge in [-0.25, -0.2) is 0 Å². The summed E-state index contributed by atoms with van der Waals surface area (Å²) in [5.74, 6) is 0. The van der Waals surface area contributed by atoms with Crippen molar-refractivity contribution in [2.45, 2.75) is 11.8 Å². The Morgan fingerprint density at radius 1 is 1.23 bits per heavy atom. The Balaban J connectivity index is 2.76. The van der Waals surface area contributed by atoms with Crippen molar-refractivity contribution < 1.29 is 0 Å². The lowest BCUT2D eigenvalue weighted by molar-refractivity contribution is 1.12. The van der Waals surface area contributed by atoms with Crippen molar-refractivity contribution in [3.8, 4) is 0 Å². The molecule has 0 saturated heterocycles. The Morgan fingerprint density at radius 2 is 2.00 bits per heavy atom. The lowest BCUT2D eigenvalue weighted by Gasteiger charge is -2.05. The summed E-state index contributed by atoms with van der Waals surface area (Å²) in [4.78, 5) is 8.86. The highest BCUT2D eigenvalue weighted by Crippen LogP contribution is 2.26. The number of nitrogens with zero attached hydrogens (tertiary/aromatic N) is 2. The van der Waals surface area contributed by atoms with Gasteiger partial charge in [-0.3, -0.25) is 9.97 Å². The molecule has 2 rings (SSSR count). The SMILES string of the molecule is CC(Br)c1cccc2nccnc12. The van der Waals surface area contributed by atoms with Crippen molar-refractivity contribution in [1.29, 1.82) is 0 Å². The third kappa shape index (κ3) is 1.56. The molecule has 2 aromatic rings. The van der Waals surface area contributed by atoms with Crippen molar-refractivity contribution in [2.75, 3.05) is 0 Å². The molecule has 0 aliphatic rings. The van der Waals surface area contributed by atoms with Crippen LogP contribution in [0.2, 0.25) is 0 Å². The van der Waals surface area contributed by atoms with Crippen LogP contribution in [0.1, 0.15) is 17.3 Å². The number of hydrogen-bond donors (Lipinski definition) is 0. The molecule has 0 amide bonds. The number of fused-ring (bicyclic) bond motifs is 1. The molecule has 2 nitrogen and oxygen atoms in total. The molecular weight excluding hydrogens is 228 g/mol. The molecule has 0 aliphatic carbocycles. The van der Waals surface area contributed by atoms with Crippen LogP contribution >= 0.6 is 15.9 Å². The quantitative estimate of drug-likeness (QED) is 0.712. The van der Waals surface area contributed by atoms with Gasteiger partial charge < -0.3 is 0 Å². The smallest absolute Gasteiger partial charge is 0.0929 e. The molecular formula is C10H9BrN2. The summed E-state index contributed by atoms with van der Waals surface area (Å²) >= 11 is 3.54. The van der Waals surface area contributed by atoms with Gasteiger partial charge in [-0.05, 0) is 18.6 Å². The Hall–Kier alpha value is -0.960. The van der Waals surface area contributed by atoms with Crippen LogP contribution in [0, 0.1) is 0 Å². The maximum Gasteiger partial charge on any atom is 0.0929 e. The monoisotopic (exact) mass is 236 g/mol. The highest BCUT2D eigenvalue weighted by molar-refractivity contribution is 9.09. The number of rotatable bonds is 1. The molecule has 13 heavy (non-hydrogen) atoms. The van der Waals surface area contributed by atoms with Crippen molar-refractivity contribution in [2.24, 2.45) is 0 Å². The first-order valence-electron chi connectivity index (χ1n) is 4.13. The summed E-state index contributed by atoms with van der Waals surface area (Å²) in [6.07, 6.45) is 3.44. The van der Waals surface area contributed by atoms with E-state index in [0.29, 0.717) is 4.83 Å². The van der Waals surface area contributed by atoms with Crippen molar-refractivity contribution in [1.82, 2.24) is 9.97 Å². The number of alkyl halides is 1. The first kappa shape index (κ1) is 8.63. The van der Waals surface area contributed by atoms with Crippen molar-refractivity contribution in [3.05, 3.63) is 36.2 Å². The van der Waals surface area contributed by atoms with Crippen LogP contribution in [-0.4, -0.2) is 9.97 Å². The molecule has 0 saturated carbocycles. The molecule has 0 radical (unpaired) electrons. The number of aromatic nitrogens is 2. The molecule has 0 fully saturated rings. The number of para-hydroxylation sites is 1. The minimum atomic E-state index is 0.313. The predicted octanol–water partition coefficient (Wildman–Crippen LogP) is 3.09. The van der Waals surface area contributed by atoms with Gasteiger partial charge in [0, 0.05) is 17.2 Å². The summed E-state index contributed by atoms with van der Waals surface area (Å²) in [5.41, 5.74) is 3.12. The standard InChI is InChI=1S/C10H9BrN2/c1-7(11)8-3-2-4-9-10(8)13-6-5-12-9/h2-7H,1H3. The lowest BCUT2D eigenvalue weighted by Crippen LogP contribution is -1.90. The summed E-state index contributed by atoms with van der Waals surface area (Å²) in [6.45, 7) is 2.09. The fourth-order valence-electron chi connectivity index (χ4n) is 1.34. The van der Waals surface area contributed by atoms with E-state index in [9.17, 15) is 0 Å². The van der Waals surface area contributed by atoms with Crippen molar-refractivity contribution in [3.63, 3.8) is 0 Å². The fourth-order valence-corrected chi connectivity index (χ4v) is 1.71. The van der Waals surface area contributed by atoms with Crippen LogP contribution in [0.3, 0.4) is 0 Å². The molecule has 66 valence electrons. The minimum absolute atomic E-state index is 0.313. The highest BCUT2D eigenvalue weighted by atomic mass is 79.9. The normalized spacial score (nSPS) is 13.1. The Labute approximate surface area is 85.1 Å². The molecule has 1 heterocycles. The van der Waals surface area contributed by atoms with E-state index in [1.165, 1.54) is 5.56 Å². The molecule has 1 unspecified atom stereocenters. The lowest BCUT2D eigenvalue weighted by atomic mass is 10.1. The zero-order chi connectivity index (χ0) is 9.26. The topological polar surface area (TPSA) is 25.8 Å². The average Bonchev–Trinajstić information content (AvgIpc) is 2.17. The third-order valence-electron chi connectivity index (χ3n) is 1.96. The summed E-state index contributed by atoms with van der Waals surface area (Å²) in [6, 6.07) is 6.04. The van der Waals surface area contributed by atoms with Gasteiger partial charge in [-0.15, -0.1) is 0 Å². The van der Waals surface area contributed by atoms with Crippen molar-refractivity contribution >= 4 is 27.0 Å². The van der Waals surface area contributed by atoms with Crippen LogP contribution < -0.4 is 0 Å². The van der Waals surface area contributed by atoms with Crippen LogP contribution in [0.25, 0.3) is 11.0 Å². The van der Waals surface area contributed by atoms with Crippen LogP contribution in [0.4, 0.5) is 0 Å². The molecule has 0 bridgehead atoms.